The molecular formula is C31H40N2O2. The molecule has 0 aromatic heterocycles. The van der Waals surface area contributed by atoms with Crippen LogP contribution in [0.3, 0.4) is 0 Å². The Kier molecular flexibility index (Phi) is 4.88. The van der Waals surface area contributed by atoms with Crippen LogP contribution in [0.5, 0.6) is 0 Å². The molecule has 0 aliphatic heterocycles. The zero-order chi connectivity index (χ0) is 25.8. The molecular weight excluding hydrogens is 432 g/mol. The fraction of sp³-hybridized carbons (Fsp3) is 0.742. The summed E-state index contributed by atoms with van der Waals surface area (Å²) in [5.74, 6) is 0.368. The Balaban J connectivity index is 1.69. The topological polar surface area (TPSA) is 62.3 Å². The predicted octanol–water partition coefficient (Wildman–Crippen LogP) is 6.88. The van der Waals surface area contributed by atoms with E-state index in [1.54, 1.807) is 0 Å². The third-order valence-corrected chi connectivity index (χ3v) is 12.3. The van der Waals surface area contributed by atoms with E-state index in [1.807, 2.05) is 26.0 Å². The first kappa shape index (κ1) is 24.5. The zero-order valence-electron chi connectivity index (χ0n) is 22.5. The summed E-state index contributed by atoms with van der Waals surface area (Å²) >= 11 is 0. The van der Waals surface area contributed by atoms with E-state index in [0.717, 1.165) is 50.5 Å². The molecule has 35 heavy (non-hydrogen) atoms. The van der Waals surface area contributed by atoms with Gasteiger partial charge in [-0.1, -0.05) is 53.2 Å². The summed E-state index contributed by atoms with van der Waals surface area (Å²) in [6, 6.07) is 2.18. The first-order valence-corrected chi connectivity index (χ1v) is 13.4. The van der Waals surface area contributed by atoms with Gasteiger partial charge in [0, 0.05) is 36.5 Å². The summed E-state index contributed by atoms with van der Waals surface area (Å²) in [5, 5.41) is 9.83. The molecule has 5 aliphatic carbocycles. The summed E-state index contributed by atoms with van der Waals surface area (Å²) in [7, 11) is 0. The molecule has 8 atom stereocenters. The Morgan fingerprint density at radius 2 is 1.66 bits per heavy atom. The minimum atomic E-state index is -0.635. The molecule has 186 valence electrons. The summed E-state index contributed by atoms with van der Waals surface area (Å²) in [6.07, 6.45) is 10.6. The van der Waals surface area contributed by atoms with Crippen LogP contribution in [0.15, 0.2) is 23.3 Å². The van der Waals surface area contributed by atoms with Crippen molar-refractivity contribution in [3.8, 4) is 6.07 Å². The average Bonchev–Trinajstić information content (AvgIpc) is 2.79. The zero-order valence-corrected chi connectivity index (χ0v) is 22.5. The maximum atomic E-state index is 14.2. The number of Topliss-reactive ketones (excluding diaryl/α,β-unsaturated/α-hetero) is 1. The lowest BCUT2D eigenvalue weighted by molar-refractivity contribution is -0.164. The van der Waals surface area contributed by atoms with Gasteiger partial charge in [0.25, 0.3) is 0 Å². The maximum absolute atomic E-state index is 14.2. The van der Waals surface area contributed by atoms with Gasteiger partial charge in [-0.05, 0) is 66.3 Å². The molecule has 0 aromatic rings. The van der Waals surface area contributed by atoms with Crippen molar-refractivity contribution in [2.75, 3.05) is 0 Å². The molecule has 0 N–H and O–H groups in total. The number of allylic oxidation sites excluding steroid dienone is 4. The lowest BCUT2D eigenvalue weighted by Crippen LogP contribution is -2.64. The first-order valence-electron chi connectivity index (χ1n) is 13.4. The van der Waals surface area contributed by atoms with E-state index in [2.05, 4.69) is 45.5 Å². The second-order valence-corrected chi connectivity index (χ2v) is 14.4. The van der Waals surface area contributed by atoms with Gasteiger partial charge in [-0.15, -0.1) is 0 Å². The van der Waals surface area contributed by atoms with Gasteiger partial charge in [0.2, 0.25) is 5.54 Å². The van der Waals surface area contributed by atoms with Gasteiger partial charge in [0.1, 0.15) is 6.07 Å². The second-order valence-electron chi connectivity index (χ2n) is 14.4. The highest BCUT2D eigenvalue weighted by molar-refractivity contribution is 6.04. The molecule has 0 unspecified atom stereocenters. The minimum absolute atomic E-state index is 0.0630. The highest BCUT2D eigenvalue weighted by Crippen LogP contribution is 2.74. The third kappa shape index (κ3) is 2.84. The van der Waals surface area contributed by atoms with Crippen LogP contribution in [-0.4, -0.2) is 17.1 Å². The summed E-state index contributed by atoms with van der Waals surface area (Å²) in [5.41, 5.74) is -0.382. The molecule has 0 amide bonds. The van der Waals surface area contributed by atoms with Crippen LogP contribution in [0.4, 0.5) is 0 Å². The Morgan fingerprint density at radius 1 is 1.00 bits per heavy atom. The second kappa shape index (κ2) is 6.97. The number of carbonyl (C=O) groups excluding carboxylic acids is 2. The molecule has 4 heteroatoms. The van der Waals surface area contributed by atoms with Crippen molar-refractivity contribution in [1.29, 1.82) is 5.26 Å². The van der Waals surface area contributed by atoms with E-state index in [9.17, 15) is 14.9 Å². The first-order chi connectivity index (χ1) is 16.1. The highest BCUT2D eigenvalue weighted by atomic mass is 16.1. The van der Waals surface area contributed by atoms with Crippen LogP contribution in [0, 0.1) is 62.7 Å². The number of fused-ring (bicyclic) bond motifs is 7. The Bertz CT molecular complexity index is 1180. The monoisotopic (exact) mass is 472 g/mol. The maximum Gasteiger partial charge on any atom is 0.230 e. The van der Waals surface area contributed by atoms with Crippen molar-refractivity contribution in [3.63, 3.8) is 0 Å². The van der Waals surface area contributed by atoms with Crippen LogP contribution < -0.4 is 0 Å². The summed E-state index contributed by atoms with van der Waals surface area (Å²) in [6.45, 7) is 23.2. The Hall–Kier alpha value is -2.20. The van der Waals surface area contributed by atoms with Gasteiger partial charge in [-0.25, -0.2) is 6.57 Å². The number of rotatable bonds is 0. The molecule has 5 aliphatic rings. The van der Waals surface area contributed by atoms with Crippen LogP contribution >= 0.6 is 0 Å². The number of ketones is 2. The van der Waals surface area contributed by atoms with Gasteiger partial charge in [0.15, 0.2) is 11.6 Å². The lowest BCUT2D eigenvalue weighted by atomic mass is 9.34. The standard InChI is InChI=1S/C31H40N2O2/c1-26(2)22-9-10-30(6)23(29(22,5)16-19(18-32)25(26)35)15-21(34)24-20-17-28(4,33-8)13-11-27(20,3)12-14-31(24,30)7/h15-16,20,22,24H,9-14,17H2,1-7H3/t20-,22-,24-,27+,28-,29-,30+,31+/m0/s1. The van der Waals surface area contributed by atoms with Gasteiger partial charge >= 0.3 is 0 Å². The lowest BCUT2D eigenvalue weighted by Gasteiger charge is -2.68. The minimum Gasteiger partial charge on any atom is -0.311 e. The summed E-state index contributed by atoms with van der Waals surface area (Å²) in [4.78, 5) is 31.4. The largest absolute Gasteiger partial charge is 0.311 e. The van der Waals surface area contributed by atoms with Crippen molar-refractivity contribution >= 4 is 11.6 Å². The molecule has 0 heterocycles. The van der Waals surface area contributed by atoms with Gasteiger partial charge in [-0.2, -0.15) is 5.26 Å². The molecule has 0 radical (unpaired) electrons. The van der Waals surface area contributed by atoms with Crippen LogP contribution in [-0.2, 0) is 9.59 Å². The van der Waals surface area contributed by atoms with Crippen molar-refractivity contribution in [3.05, 3.63) is 34.7 Å². The smallest absolute Gasteiger partial charge is 0.230 e. The fourth-order valence-electron chi connectivity index (χ4n) is 9.80. The van der Waals surface area contributed by atoms with Crippen molar-refractivity contribution < 1.29 is 9.59 Å². The quantitative estimate of drug-likeness (QED) is 0.361. The average molecular weight is 473 g/mol. The van der Waals surface area contributed by atoms with Crippen molar-refractivity contribution in [2.24, 2.45) is 44.8 Å². The van der Waals surface area contributed by atoms with E-state index in [0.29, 0.717) is 0 Å². The van der Waals surface area contributed by atoms with Crippen molar-refractivity contribution in [2.45, 2.75) is 99.0 Å². The number of nitrogens with zero attached hydrogens (tertiary/aromatic N) is 2. The molecule has 5 rings (SSSR count). The van der Waals surface area contributed by atoms with Crippen LogP contribution in [0.2, 0.25) is 0 Å². The summed E-state index contributed by atoms with van der Waals surface area (Å²) < 4.78 is 0. The van der Waals surface area contributed by atoms with E-state index in [4.69, 9.17) is 6.57 Å². The van der Waals surface area contributed by atoms with E-state index in [1.165, 1.54) is 0 Å². The van der Waals surface area contributed by atoms with E-state index in [-0.39, 0.29) is 56.7 Å². The SMILES string of the molecule is [C-]#[N+][C@@]1(C)CC[C@]2(C)CC[C@]3(C)[C@H](C(=O)C=C4[C@@]5(C)C=C(C#N)C(=O)C(C)(C)[C@@H]5CC[C@]43C)[C@@H]2C1. The number of hydrogen-bond donors (Lipinski definition) is 0. The molecule has 3 fully saturated rings. The Labute approximate surface area is 211 Å². The van der Waals surface area contributed by atoms with Crippen LogP contribution in [0.1, 0.15) is 93.4 Å². The molecule has 0 saturated heterocycles. The van der Waals surface area contributed by atoms with E-state index < -0.39 is 10.8 Å². The number of hydrogen-bond acceptors (Lipinski definition) is 3. The molecule has 4 nitrogen and oxygen atoms in total. The predicted molar refractivity (Wildman–Crippen MR) is 136 cm³/mol. The van der Waals surface area contributed by atoms with Crippen LogP contribution in [0.25, 0.3) is 4.85 Å². The fourth-order valence-corrected chi connectivity index (χ4v) is 9.80. The molecule has 0 aromatic carbocycles. The van der Waals surface area contributed by atoms with E-state index >= 15 is 0 Å². The third-order valence-electron chi connectivity index (χ3n) is 12.3. The Morgan fingerprint density at radius 3 is 2.29 bits per heavy atom. The molecule has 0 spiro atoms. The normalized spacial score (nSPS) is 50.3. The van der Waals surface area contributed by atoms with Gasteiger partial charge in [-0.3, -0.25) is 9.59 Å². The molecule has 3 saturated carbocycles. The number of carbonyl (C=O) groups is 2. The van der Waals surface area contributed by atoms with Gasteiger partial charge < -0.3 is 4.85 Å². The van der Waals surface area contributed by atoms with Gasteiger partial charge in [0.05, 0.1) is 5.57 Å². The van der Waals surface area contributed by atoms with Crippen molar-refractivity contribution in [1.82, 2.24) is 0 Å². The number of nitriles is 1. The molecule has 0 bridgehead atoms. The highest BCUT2D eigenvalue weighted by Gasteiger charge is 2.69.